The van der Waals surface area contributed by atoms with E-state index in [1.807, 2.05) is 0 Å². The molecule has 0 saturated carbocycles. The van der Waals surface area contributed by atoms with Gasteiger partial charge < -0.3 is 10.0 Å². The molecule has 2 heterocycles. The van der Waals surface area contributed by atoms with Gasteiger partial charge in [-0.2, -0.15) is 0 Å². The molecule has 0 aliphatic carbocycles. The molecule has 16 heavy (non-hydrogen) atoms. The van der Waals surface area contributed by atoms with Crippen LogP contribution in [0, 0.1) is 5.92 Å². The Bertz CT molecular complexity index is 397. The number of likely N-dealkylation sites (tertiary alicyclic amines) is 1. The van der Waals surface area contributed by atoms with Crippen molar-refractivity contribution in [1.82, 2.24) is 9.88 Å². The summed E-state index contributed by atoms with van der Waals surface area (Å²) in [6.07, 6.45) is 3.89. The Morgan fingerprint density at radius 3 is 3.12 bits per heavy atom. The van der Waals surface area contributed by atoms with Crippen molar-refractivity contribution >= 4 is 17.5 Å². The number of hydrogen-bond acceptors (Lipinski definition) is 3. The number of amides is 1. The lowest BCUT2D eigenvalue weighted by Crippen LogP contribution is -2.29. The van der Waals surface area contributed by atoms with E-state index in [1.54, 1.807) is 17.2 Å². The summed E-state index contributed by atoms with van der Waals surface area (Å²) in [6.45, 7) is 1.40. The first-order valence-electron chi connectivity index (χ1n) is 5.22. The summed E-state index contributed by atoms with van der Waals surface area (Å²) in [7, 11) is 0. The molecule has 1 N–H and O–H groups in total. The van der Waals surface area contributed by atoms with Gasteiger partial charge in [0.1, 0.15) is 0 Å². The highest BCUT2D eigenvalue weighted by Crippen LogP contribution is 2.21. The van der Waals surface area contributed by atoms with E-state index in [2.05, 4.69) is 4.98 Å². The zero-order valence-corrected chi connectivity index (χ0v) is 9.52. The van der Waals surface area contributed by atoms with Crippen molar-refractivity contribution in [3.63, 3.8) is 0 Å². The number of aromatic nitrogens is 1. The molecule has 1 aliphatic heterocycles. The monoisotopic (exact) mass is 240 g/mol. The fourth-order valence-electron chi connectivity index (χ4n) is 1.87. The number of carbonyl (C=O) groups is 1. The normalized spacial score (nSPS) is 20.1. The molecule has 1 unspecified atom stereocenters. The van der Waals surface area contributed by atoms with Crippen molar-refractivity contribution in [2.24, 2.45) is 5.92 Å². The van der Waals surface area contributed by atoms with Crippen molar-refractivity contribution in [2.75, 3.05) is 19.7 Å². The number of hydrogen-bond donors (Lipinski definition) is 1. The molecule has 1 aromatic heterocycles. The fourth-order valence-corrected chi connectivity index (χ4v) is 2.06. The van der Waals surface area contributed by atoms with Crippen LogP contribution in [0.15, 0.2) is 18.5 Å². The van der Waals surface area contributed by atoms with E-state index in [0.29, 0.717) is 23.7 Å². The van der Waals surface area contributed by atoms with E-state index >= 15 is 0 Å². The summed E-state index contributed by atoms with van der Waals surface area (Å²) in [4.78, 5) is 17.7. The van der Waals surface area contributed by atoms with Crippen molar-refractivity contribution < 1.29 is 9.90 Å². The highest BCUT2D eigenvalue weighted by Gasteiger charge is 2.27. The average Bonchev–Trinajstić information content (AvgIpc) is 2.77. The Labute approximate surface area is 98.9 Å². The second-order valence-corrected chi connectivity index (χ2v) is 4.35. The smallest absolute Gasteiger partial charge is 0.256 e. The van der Waals surface area contributed by atoms with Gasteiger partial charge in [0.2, 0.25) is 0 Å². The van der Waals surface area contributed by atoms with Crippen LogP contribution in [0.5, 0.6) is 0 Å². The summed E-state index contributed by atoms with van der Waals surface area (Å²) in [5.74, 6) is 0.0912. The van der Waals surface area contributed by atoms with Crippen molar-refractivity contribution in [1.29, 1.82) is 0 Å². The standard InChI is InChI=1S/C11H13ClN2O2/c12-10-1-3-13-5-9(10)11(16)14-4-2-8(6-14)7-15/h1,3,5,8,15H,2,4,6-7H2. The molecular formula is C11H13ClN2O2. The van der Waals surface area contributed by atoms with Crippen molar-refractivity contribution in [3.8, 4) is 0 Å². The number of halogens is 1. The average molecular weight is 241 g/mol. The number of pyridine rings is 1. The first kappa shape index (κ1) is 11.4. The van der Waals surface area contributed by atoms with Crippen LogP contribution in [0.1, 0.15) is 16.8 Å². The van der Waals surface area contributed by atoms with Crippen LogP contribution >= 0.6 is 11.6 Å². The minimum absolute atomic E-state index is 0.103. The molecule has 1 amide bonds. The predicted octanol–water partition coefficient (Wildman–Crippen LogP) is 1.19. The van der Waals surface area contributed by atoms with Crippen LogP contribution < -0.4 is 0 Å². The van der Waals surface area contributed by atoms with E-state index in [0.717, 1.165) is 6.42 Å². The minimum atomic E-state index is -0.103. The molecule has 2 rings (SSSR count). The molecular weight excluding hydrogens is 228 g/mol. The molecule has 4 nitrogen and oxygen atoms in total. The van der Waals surface area contributed by atoms with Gasteiger partial charge in [-0.05, 0) is 12.5 Å². The van der Waals surface area contributed by atoms with Gasteiger partial charge in [-0.15, -0.1) is 0 Å². The molecule has 1 fully saturated rings. The Balaban J connectivity index is 2.12. The van der Waals surface area contributed by atoms with E-state index in [4.69, 9.17) is 16.7 Å². The molecule has 1 aromatic rings. The largest absolute Gasteiger partial charge is 0.396 e. The third-order valence-corrected chi connectivity index (χ3v) is 3.16. The lowest BCUT2D eigenvalue weighted by Gasteiger charge is -2.16. The van der Waals surface area contributed by atoms with Gasteiger partial charge in [-0.3, -0.25) is 9.78 Å². The van der Waals surface area contributed by atoms with Gasteiger partial charge in [0.15, 0.2) is 0 Å². The SMILES string of the molecule is O=C(c1cnccc1Cl)N1CCC(CO)C1. The highest BCUT2D eigenvalue weighted by atomic mass is 35.5. The van der Waals surface area contributed by atoms with Crippen LogP contribution in [0.4, 0.5) is 0 Å². The first-order valence-corrected chi connectivity index (χ1v) is 5.60. The number of nitrogens with zero attached hydrogens (tertiary/aromatic N) is 2. The van der Waals surface area contributed by atoms with Crippen LogP contribution in [0.2, 0.25) is 5.02 Å². The topological polar surface area (TPSA) is 53.4 Å². The zero-order valence-electron chi connectivity index (χ0n) is 8.77. The molecule has 0 aromatic carbocycles. The van der Waals surface area contributed by atoms with E-state index in [-0.39, 0.29) is 18.4 Å². The third kappa shape index (κ3) is 2.18. The van der Waals surface area contributed by atoms with Gasteiger partial charge in [0, 0.05) is 38.0 Å². The highest BCUT2D eigenvalue weighted by molar-refractivity contribution is 6.33. The molecule has 0 radical (unpaired) electrons. The van der Waals surface area contributed by atoms with Crippen LogP contribution in [-0.4, -0.2) is 40.6 Å². The van der Waals surface area contributed by atoms with Crippen molar-refractivity contribution in [3.05, 3.63) is 29.0 Å². The number of aliphatic hydroxyl groups excluding tert-OH is 1. The summed E-state index contributed by atoms with van der Waals surface area (Å²) >= 11 is 5.93. The van der Waals surface area contributed by atoms with Crippen LogP contribution in [0.25, 0.3) is 0 Å². The molecule has 5 heteroatoms. The van der Waals surface area contributed by atoms with Crippen molar-refractivity contribution in [2.45, 2.75) is 6.42 Å². The fraction of sp³-hybridized carbons (Fsp3) is 0.455. The van der Waals surface area contributed by atoms with Gasteiger partial charge in [0.25, 0.3) is 5.91 Å². The number of rotatable bonds is 2. The maximum Gasteiger partial charge on any atom is 0.256 e. The van der Waals surface area contributed by atoms with Gasteiger partial charge in [0.05, 0.1) is 10.6 Å². The van der Waals surface area contributed by atoms with Gasteiger partial charge in [-0.25, -0.2) is 0 Å². The Kier molecular flexibility index (Phi) is 3.41. The van der Waals surface area contributed by atoms with Crippen LogP contribution in [-0.2, 0) is 0 Å². The summed E-state index contributed by atoms with van der Waals surface area (Å²) in [5, 5.41) is 9.44. The maximum atomic E-state index is 12.0. The second-order valence-electron chi connectivity index (χ2n) is 3.94. The maximum absolute atomic E-state index is 12.0. The third-order valence-electron chi connectivity index (χ3n) is 2.83. The Morgan fingerprint density at radius 2 is 2.50 bits per heavy atom. The number of carbonyl (C=O) groups excluding carboxylic acids is 1. The Hall–Kier alpha value is -1.13. The minimum Gasteiger partial charge on any atom is -0.396 e. The molecule has 1 atom stereocenters. The van der Waals surface area contributed by atoms with E-state index < -0.39 is 0 Å². The van der Waals surface area contributed by atoms with E-state index in [1.165, 1.54) is 6.20 Å². The van der Waals surface area contributed by atoms with Gasteiger partial charge in [-0.1, -0.05) is 11.6 Å². The summed E-state index contributed by atoms with van der Waals surface area (Å²) in [6, 6.07) is 1.61. The first-order chi connectivity index (χ1) is 7.72. The zero-order chi connectivity index (χ0) is 11.5. The number of aliphatic hydroxyl groups is 1. The van der Waals surface area contributed by atoms with E-state index in [9.17, 15) is 4.79 Å². The molecule has 86 valence electrons. The molecule has 1 aliphatic rings. The molecule has 0 bridgehead atoms. The molecule has 0 spiro atoms. The van der Waals surface area contributed by atoms with Gasteiger partial charge >= 0.3 is 0 Å². The lowest BCUT2D eigenvalue weighted by molar-refractivity contribution is 0.0781. The predicted molar refractivity (Wildman–Crippen MR) is 60.3 cm³/mol. The Morgan fingerprint density at radius 1 is 1.69 bits per heavy atom. The summed E-state index contributed by atoms with van der Waals surface area (Å²) in [5.41, 5.74) is 0.433. The second kappa shape index (κ2) is 4.80. The summed E-state index contributed by atoms with van der Waals surface area (Å²) < 4.78 is 0. The lowest BCUT2D eigenvalue weighted by atomic mass is 10.1. The van der Waals surface area contributed by atoms with Crippen LogP contribution in [0.3, 0.4) is 0 Å². The molecule has 1 saturated heterocycles. The quantitative estimate of drug-likeness (QED) is 0.845.